The van der Waals surface area contributed by atoms with Crippen molar-refractivity contribution in [2.45, 2.75) is 25.7 Å². The van der Waals surface area contributed by atoms with Crippen molar-refractivity contribution in [3.63, 3.8) is 0 Å². The molecule has 0 radical (unpaired) electrons. The second-order valence-corrected chi connectivity index (χ2v) is 8.73. The number of fused-ring (bicyclic) bond motifs is 3. The maximum atomic E-state index is 14.7. The van der Waals surface area contributed by atoms with Gasteiger partial charge in [-0.1, -0.05) is 29.3 Å². The first kappa shape index (κ1) is 23.7. The summed E-state index contributed by atoms with van der Waals surface area (Å²) in [5.41, 5.74) is -0.0933. The molecule has 2 aromatic carbocycles. The van der Waals surface area contributed by atoms with E-state index in [9.17, 15) is 22.4 Å². The number of aliphatic imine (C=N–C) groups is 1. The highest BCUT2D eigenvalue weighted by Gasteiger charge is 2.37. The third-order valence-electron chi connectivity index (χ3n) is 5.69. The van der Waals surface area contributed by atoms with E-state index in [-0.39, 0.29) is 51.7 Å². The van der Waals surface area contributed by atoms with E-state index < -0.39 is 41.9 Å². The number of benzene rings is 2. The normalized spacial score (nSPS) is 17.5. The molecule has 0 spiro atoms. The fourth-order valence-electron chi connectivity index (χ4n) is 4.01. The van der Waals surface area contributed by atoms with Crippen LogP contribution < -0.4 is 0 Å². The zero-order valence-electron chi connectivity index (χ0n) is 17.9. The number of ether oxygens (including phenoxy) is 1. The van der Waals surface area contributed by atoms with Crippen LogP contribution >= 0.6 is 23.2 Å². The summed E-state index contributed by atoms with van der Waals surface area (Å²) >= 11 is 12.7. The molecule has 3 aromatic rings. The first-order valence-electron chi connectivity index (χ1n) is 10.4. The second-order valence-electron chi connectivity index (χ2n) is 7.94. The molecule has 1 saturated heterocycles. The van der Waals surface area contributed by atoms with E-state index >= 15 is 0 Å². The molecule has 0 N–H and O–H groups in total. The van der Waals surface area contributed by atoms with E-state index in [1.807, 2.05) is 0 Å². The Balaban J connectivity index is 1.60. The average molecular weight is 528 g/mol. The van der Waals surface area contributed by atoms with Crippen LogP contribution in [0.15, 0.2) is 35.3 Å². The van der Waals surface area contributed by atoms with Crippen molar-refractivity contribution in [2.75, 3.05) is 13.1 Å². The summed E-state index contributed by atoms with van der Waals surface area (Å²) in [4.78, 5) is 22.9. The molecular weight excluding hydrogens is 513 g/mol. The Bertz CT molecular complexity index is 1350. The summed E-state index contributed by atoms with van der Waals surface area (Å²) in [6.07, 6.45) is -0.775. The van der Waals surface area contributed by atoms with Gasteiger partial charge in [0, 0.05) is 18.7 Å². The summed E-state index contributed by atoms with van der Waals surface area (Å²) in [7, 11) is 0. The number of carbonyl (C=O) groups excluding carboxylic acids is 1. The summed E-state index contributed by atoms with van der Waals surface area (Å²) in [5.74, 6) is -2.27. The topological polar surface area (TPSA) is 72.6 Å². The number of alkyl halides is 2. The van der Waals surface area contributed by atoms with Crippen LogP contribution in [0.3, 0.4) is 0 Å². The van der Waals surface area contributed by atoms with Crippen molar-refractivity contribution in [3.8, 4) is 5.69 Å². The summed E-state index contributed by atoms with van der Waals surface area (Å²) in [6.45, 7) is -1.38. The highest BCUT2D eigenvalue weighted by atomic mass is 35.5. The molecule has 13 heteroatoms. The first-order valence-corrected chi connectivity index (χ1v) is 11.1. The minimum atomic E-state index is -2.93. The van der Waals surface area contributed by atoms with Crippen molar-refractivity contribution in [3.05, 3.63) is 74.8 Å². The number of rotatable bonds is 4. The van der Waals surface area contributed by atoms with Gasteiger partial charge in [-0.3, -0.25) is 9.79 Å². The van der Waals surface area contributed by atoms with E-state index in [2.05, 4.69) is 19.8 Å². The third-order valence-corrected chi connectivity index (χ3v) is 6.49. The molecule has 0 unspecified atom stereocenters. The lowest BCUT2D eigenvalue weighted by Gasteiger charge is -2.37. The lowest BCUT2D eigenvalue weighted by molar-refractivity contribution is -0.189. The Kier molecular flexibility index (Phi) is 6.02. The number of likely N-dealkylation sites (tertiary alicyclic amines) is 1. The molecule has 7 nitrogen and oxygen atoms in total. The minimum absolute atomic E-state index is 0.0104. The van der Waals surface area contributed by atoms with Crippen LogP contribution in [0, 0.1) is 11.6 Å². The Morgan fingerprint density at radius 3 is 2.46 bits per heavy atom. The van der Waals surface area contributed by atoms with E-state index in [0.29, 0.717) is 0 Å². The zero-order valence-corrected chi connectivity index (χ0v) is 19.4. The third kappa shape index (κ3) is 4.07. The summed E-state index contributed by atoms with van der Waals surface area (Å²) in [5, 5.41) is 4.41. The number of nitrogens with zero attached hydrogens (tertiary/aromatic N) is 5. The number of hydrogen-bond donors (Lipinski definition) is 0. The van der Waals surface area contributed by atoms with E-state index in [0.717, 1.165) is 12.1 Å². The van der Waals surface area contributed by atoms with Crippen molar-refractivity contribution >= 4 is 34.8 Å². The van der Waals surface area contributed by atoms with Gasteiger partial charge in [0.1, 0.15) is 17.7 Å². The maximum absolute atomic E-state index is 14.7. The summed E-state index contributed by atoms with van der Waals surface area (Å²) in [6, 6.07) is 5.63. The average Bonchev–Trinajstić information content (AvgIpc) is 3.17. The molecule has 0 aliphatic carbocycles. The zero-order chi connectivity index (χ0) is 25.0. The molecule has 2 aliphatic heterocycles. The number of aromatic nitrogens is 3. The molecule has 1 fully saturated rings. The smallest absolute Gasteiger partial charge is 0.331 e. The van der Waals surface area contributed by atoms with Gasteiger partial charge in [0.2, 0.25) is 5.82 Å². The van der Waals surface area contributed by atoms with Gasteiger partial charge in [0.05, 0.1) is 33.1 Å². The fourth-order valence-corrected chi connectivity index (χ4v) is 4.42. The predicted molar refractivity (Wildman–Crippen MR) is 119 cm³/mol. The van der Waals surface area contributed by atoms with Crippen LogP contribution in [-0.2, 0) is 4.74 Å². The van der Waals surface area contributed by atoms with Crippen LogP contribution in [0.1, 0.15) is 40.5 Å². The van der Waals surface area contributed by atoms with Crippen molar-refractivity contribution < 1.29 is 27.1 Å². The Morgan fingerprint density at radius 1 is 1.11 bits per heavy atom. The molecule has 5 rings (SSSR count). The SMILES string of the molecule is C[C@@H]1N=C(c2c(F)cccc2F)c2c(ccc(Cl)c2Cl)-n2nc(C(=O)N3CC(OC(F)F)C3)nc21. The molecule has 0 saturated carbocycles. The van der Waals surface area contributed by atoms with E-state index in [1.54, 1.807) is 6.92 Å². The van der Waals surface area contributed by atoms with Gasteiger partial charge < -0.3 is 9.64 Å². The van der Waals surface area contributed by atoms with Crippen LogP contribution in [0.5, 0.6) is 0 Å². The first-order chi connectivity index (χ1) is 16.7. The van der Waals surface area contributed by atoms with Gasteiger partial charge in [-0.15, -0.1) is 5.10 Å². The molecule has 1 amide bonds. The predicted octanol–water partition coefficient (Wildman–Crippen LogP) is 4.83. The van der Waals surface area contributed by atoms with Crippen molar-refractivity contribution in [2.24, 2.45) is 4.99 Å². The highest BCUT2D eigenvalue weighted by molar-refractivity contribution is 6.45. The van der Waals surface area contributed by atoms with E-state index in [4.69, 9.17) is 23.2 Å². The molecule has 182 valence electrons. The lowest BCUT2D eigenvalue weighted by Crippen LogP contribution is -2.55. The second kappa shape index (κ2) is 8.89. The fraction of sp³-hybridized carbons (Fsp3) is 0.273. The van der Waals surface area contributed by atoms with Gasteiger partial charge in [-0.05, 0) is 31.2 Å². The van der Waals surface area contributed by atoms with Crippen LogP contribution in [-0.4, -0.2) is 57.1 Å². The number of halogens is 6. The Labute approximate surface area is 205 Å². The maximum Gasteiger partial charge on any atom is 0.345 e. The van der Waals surface area contributed by atoms with Gasteiger partial charge in [-0.2, -0.15) is 8.78 Å². The molecule has 35 heavy (non-hydrogen) atoms. The highest BCUT2D eigenvalue weighted by Crippen LogP contribution is 2.38. The number of carbonyl (C=O) groups is 1. The molecule has 0 bridgehead atoms. The van der Waals surface area contributed by atoms with Gasteiger partial charge in [0.15, 0.2) is 5.82 Å². The number of amides is 1. The van der Waals surface area contributed by atoms with Gasteiger partial charge >= 0.3 is 6.61 Å². The van der Waals surface area contributed by atoms with Gasteiger partial charge in [-0.25, -0.2) is 18.4 Å². The minimum Gasteiger partial charge on any atom is -0.331 e. The Morgan fingerprint density at radius 2 is 1.80 bits per heavy atom. The van der Waals surface area contributed by atoms with Gasteiger partial charge in [0.25, 0.3) is 5.91 Å². The molecule has 1 aromatic heterocycles. The quantitative estimate of drug-likeness (QED) is 0.455. The molecule has 3 heterocycles. The monoisotopic (exact) mass is 527 g/mol. The van der Waals surface area contributed by atoms with Crippen molar-refractivity contribution in [1.29, 1.82) is 0 Å². The Hall–Kier alpha value is -3.02. The largest absolute Gasteiger partial charge is 0.345 e. The number of hydrogen-bond acceptors (Lipinski definition) is 5. The molecular formula is C22H15Cl2F4N5O2. The lowest BCUT2D eigenvalue weighted by atomic mass is 9.99. The standard InChI is InChI=1S/C22H15Cl2F4N5O2/c1-9-20-30-19(21(34)32-7-10(8-32)35-22(27)28)31-33(20)14-6-5-11(23)17(24)16(14)18(29-9)15-12(25)3-2-4-13(15)26/h2-6,9-10,22H,7-8H2,1H3/t9-/m0/s1. The van der Waals surface area contributed by atoms with Crippen molar-refractivity contribution in [1.82, 2.24) is 19.7 Å². The van der Waals surface area contributed by atoms with E-state index in [1.165, 1.54) is 27.8 Å². The molecule has 2 aliphatic rings. The van der Waals surface area contributed by atoms with Crippen LogP contribution in [0.4, 0.5) is 17.6 Å². The van der Waals surface area contributed by atoms with Crippen LogP contribution in [0.2, 0.25) is 10.0 Å². The molecule has 1 atom stereocenters. The van der Waals surface area contributed by atoms with Crippen LogP contribution in [0.25, 0.3) is 5.69 Å². The summed E-state index contributed by atoms with van der Waals surface area (Å²) < 4.78 is 59.9.